The molecular weight excluding hydrogens is 543 g/mol. The number of benzene rings is 3. The van der Waals surface area contributed by atoms with Gasteiger partial charge in [0, 0.05) is 5.92 Å². The highest BCUT2D eigenvalue weighted by molar-refractivity contribution is 9.10. The van der Waals surface area contributed by atoms with Crippen LogP contribution in [-0.4, -0.2) is 7.11 Å². The number of allylic oxidation sites excluding steroid dienone is 2. The average molecular weight is 565 g/mol. The first kappa shape index (κ1) is 24.1. The number of alkyl halides is 3. The Kier molecular flexibility index (Phi) is 6.49. The fourth-order valence-corrected chi connectivity index (χ4v) is 5.83. The van der Waals surface area contributed by atoms with E-state index in [1.807, 2.05) is 54.6 Å². The maximum atomic E-state index is 13.8. The van der Waals surface area contributed by atoms with Gasteiger partial charge in [-0.25, -0.2) is 0 Å². The van der Waals surface area contributed by atoms with Crippen molar-refractivity contribution in [3.8, 4) is 11.5 Å². The van der Waals surface area contributed by atoms with E-state index in [0.29, 0.717) is 34.7 Å². The van der Waals surface area contributed by atoms with E-state index in [-0.39, 0.29) is 22.5 Å². The molecule has 0 fully saturated rings. The van der Waals surface area contributed by atoms with Gasteiger partial charge in [0.15, 0.2) is 11.5 Å². The molecule has 35 heavy (non-hydrogen) atoms. The van der Waals surface area contributed by atoms with Crippen molar-refractivity contribution in [3.05, 3.63) is 98.5 Å². The lowest BCUT2D eigenvalue weighted by Gasteiger charge is -2.39. The smallest absolute Gasteiger partial charge is 0.416 e. The third kappa shape index (κ3) is 4.52. The minimum atomic E-state index is -4.46. The molecule has 182 valence electrons. The molecular formula is C27H22BrClF3NO2. The lowest BCUT2D eigenvalue weighted by atomic mass is 9.75. The van der Waals surface area contributed by atoms with Gasteiger partial charge < -0.3 is 14.8 Å². The topological polar surface area (TPSA) is 30.5 Å². The summed E-state index contributed by atoms with van der Waals surface area (Å²) in [4.78, 5) is 0. The first-order chi connectivity index (χ1) is 16.8. The van der Waals surface area contributed by atoms with Crippen LogP contribution in [0.15, 0.2) is 71.2 Å². The van der Waals surface area contributed by atoms with Gasteiger partial charge in [0.2, 0.25) is 0 Å². The van der Waals surface area contributed by atoms with E-state index in [0.717, 1.165) is 17.2 Å². The molecule has 3 unspecified atom stereocenters. The van der Waals surface area contributed by atoms with Crippen LogP contribution in [0.2, 0.25) is 5.02 Å². The molecule has 1 heterocycles. The lowest BCUT2D eigenvalue weighted by Crippen LogP contribution is -2.31. The van der Waals surface area contributed by atoms with Crippen molar-refractivity contribution in [1.82, 2.24) is 0 Å². The van der Waals surface area contributed by atoms with Crippen molar-refractivity contribution in [2.75, 3.05) is 12.4 Å². The van der Waals surface area contributed by atoms with Crippen LogP contribution in [0.1, 0.15) is 40.6 Å². The van der Waals surface area contributed by atoms with E-state index >= 15 is 0 Å². The Morgan fingerprint density at radius 1 is 1.11 bits per heavy atom. The molecule has 8 heteroatoms. The molecule has 3 aromatic rings. The number of rotatable bonds is 5. The summed E-state index contributed by atoms with van der Waals surface area (Å²) in [7, 11) is 1.57. The molecule has 0 spiro atoms. The molecule has 0 bridgehead atoms. The molecule has 1 N–H and O–H groups in total. The van der Waals surface area contributed by atoms with Gasteiger partial charge in [0.1, 0.15) is 6.61 Å². The van der Waals surface area contributed by atoms with E-state index < -0.39 is 17.7 Å². The Hall–Kier alpha value is -2.64. The minimum Gasteiger partial charge on any atom is -0.493 e. The molecule has 1 aliphatic heterocycles. The Morgan fingerprint density at radius 3 is 2.60 bits per heavy atom. The van der Waals surface area contributed by atoms with Gasteiger partial charge >= 0.3 is 6.18 Å². The standard InChI is InChI=1S/C27H22BrClF3NO2/c1-34-22-13-16(12-20(28)26(22)35-14-15-6-3-2-4-7-15)24-18-9-5-8-17(18)23-19(27(30,31)32)10-11-21(29)25(23)33-24/h2-8,10-13,17-18,24,33H,9,14H2,1H3. The van der Waals surface area contributed by atoms with Crippen molar-refractivity contribution in [2.45, 2.75) is 31.2 Å². The van der Waals surface area contributed by atoms with Gasteiger partial charge in [-0.1, -0.05) is 54.1 Å². The van der Waals surface area contributed by atoms with Crippen molar-refractivity contribution in [2.24, 2.45) is 5.92 Å². The summed E-state index contributed by atoms with van der Waals surface area (Å²) in [5.74, 6) is 0.602. The highest BCUT2D eigenvalue weighted by atomic mass is 79.9. The third-order valence-electron chi connectivity index (χ3n) is 6.61. The summed E-state index contributed by atoms with van der Waals surface area (Å²) in [6.07, 6.45) is 0.00223. The van der Waals surface area contributed by atoms with Gasteiger partial charge in [-0.2, -0.15) is 13.2 Å². The summed E-state index contributed by atoms with van der Waals surface area (Å²) >= 11 is 10.0. The highest BCUT2D eigenvalue weighted by Crippen LogP contribution is 2.55. The fourth-order valence-electron chi connectivity index (χ4n) is 5.04. The normalized spacial score (nSPS) is 20.7. The number of hydrogen-bond donors (Lipinski definition) is 1. The quantitative estimate of drug-likeness (QED) is 0.315. The van der Waals surface area contributed by atoms with Crippen molar-refractivity contribution in [3.63, 3.8) is 0 Å². The van der Waals surface area contributed by atoms with Crippen LogP contribution in [0.25, 0.3) is 0 Å². The molecule has 3 atom stereocenters. The van der Waals surface area contributed by atoms with Crippen molar-refractivity contribution < 1.29 is 22.6 Å². The fraction of sp³-hybridized carbons (Fsp3) is 0.259. The van der Waals surface area contributed by atoms with Crippen molar-refractivity contribution >= 4 is 33.2 Å². The van der Waals surface area contributed by atoms with Crippen LogP contribution < -0.4 is 14.8 Å². The molecule has 0 radical (unpaired) electrons. The number of anilines is 1. The van der Waals surface area contributed by atoms with Crippen LogP contribution in [-0.2, 0) is 12.8 Å². The zero-order chi connectivity index (χ0) is 24.7. The van der Waals surface area contributed by atoms with E-state index in [1.54, 1.807) is 7.11 Å². The summed E-state index contributed by atoms with van der Waals surface area (Å²) < 4.78 is 53.9. The second kappa shape index (κ2) is 9.43. The SMILES string of the molecule is COc1cc(C2Nc3c(Cl)ccc(C(F)(F)F)c3C3C=CCC32)cc(Br)c1OCc1ccccc1. The summed E-state index contributed by atoms with van der Waals surface area (Å²) in [5.41, 5.74) is 1.80. The highest BCUT2D eigenvalue weighted by Gasteiger charge is 2.45. The van der Waals surface area contributed by atoms with Crippen molar-refractivity contribution in [1.29, 1.82) is 0 Å². The monoisotopic (exact) mass is 563 g/mol. The lowest BCUT2D eigenvalue weighted by molar-refractivity contribution is -0.138. The number of halogens is 5. The zero-order valence-electron chi connectivity index (χ0n) is 18.7. The predicted octanol–water partition coefficient (Wildman–Crippen LogP) is 8.54. The second-order valence-corrected chi connectivity index (χ2v) is 9.93. The summed E-state index contributed by atoms with van der Waals surface area (Å²) in [6.45, 7) is 0.370. The average Bonchev–Trinajstić information content (AvgIpc) is 3.33. The minimum absolute atomic E-state index is 0.102. The number of fused-ring (bicyclic) bond motifs is 3. The maximum Gasteiger partial charge on any atom is 0.416 e. The van der Waals surface area contributed by atoms with Gasteiger partial charge in [-0.05, 0) is 69.2 Å². The Bertz CT molecular complexity index is 1280. The molecule has 0 amide bonds. The molecule has 0 aromatic heterocycles. The number of nitrogens with one attached hydrogen (secondary N) is 1. The predicted molar refractivity (Wildman–Crippen MR) is 134 cm³/mol. The van der Waals surface area contributed by atoms with Crippen LogP contribution in [0.5, 0.6) is 11.5 Å². The first-order valence-electron chi connectivity index (χ1n) is 11.1. The number of hydrogen-bond acceptors (Lipinski definition) is 3. The van der Waals surface area contributed by atoms with Crippen LogP contribution >= 0.6 is 27.5 Å². The van der Waals surface area contributed by atoms with Gasteiger partial charge in [-0.15, -0.1) is 0 Å². The first-order valence-corrected chi connectivity index (χ1v) is 12.3. The molecule has 3 nitrogen and oxygen atoms in total. The van der Waals surface area contributed by atoms with Gasteiger partial charge in [0.05, 0.1) is 33.9 Å². The molecule has 0 saturated heterocycles. The van der Waals surface area contributed by atoms with Crippen LogP contribution in [0.4, 0.5) is 18.9 Å². The van der Waals surface area contributed by atoms with E-state index in [1.165, 1.54) is 6.07 Å². The number of ether oxygens (including phenoxy) is 2. The maximum absolute atomic E-state index is 13.8. The van der Waals surface area contributed by atoms with Gasteiger partial charge in [-0.3, -0.25) is 0 Å². The third-order valence-corrected chi connectivity index (χ3v) is 7.52. The molecule has 3 aromatic carbocycles. The number of methoxy groups -OCH3 is 1. The molecule has 5 rings (SSSR count). The van der Waals surface area contributed by atoms with Crippen LogP contribution in [0.3, 0.4) is 0 Å². The molecule has 2 aliphatic rings. The van der Waals surface area contributed by atoms with E-state index in [4.69, 9.17) is 21.1 Å². The van der Waals surface area contributed by atoms with E-state index in [9.17, 15) is 13.2 Å². The summed E-state index contributed by atoms with van der Waals surface area (Å²) in [6, 6.07) is 15.7. The van der Waals surface area contributed by atoms with Gasteiger partial charge in [0.25, 0.3) is 0 Å². The Morgan fingerprint density at radius 2 is 1.89 bits per heavy atom. The Labute approximate surface area is 215 Å². The summed E-state index contributed by atoms with van der Waals surface area (Å²) in [5, 5.41) is 3.60. The second-order valence-electron chi connectivity index (χ2n) is 8.67. The largest absolute Gasteiger partial charge is 0.493 e. The zero-order valence-corrected chi connectivity index (χ0v) is 21.0. The Balaban J connectivity index is 1.52. The van der Waals surface area contributed by atoms with Crippen LogP contribution in [0, 0.1) is 5.92 Å². The molecule has 0 saturated carbocycles. The van der Waals surface area contributed by atoms with E-state index in [2.05, 4.69) is 21.2 Å². The molecule has 1 aliphatic carbocycles.